The van der Waals surface area contributed by atoms with E-state index in [1.165, 1.54) is 24.3 Å². The Morgan fingerprint density at radius 2 is 1.43 bits per heavy atom. The van der Waals surface area contributed by atoms with Crippen LogP contribution in [0.4, 0.5) is 19.4 Å². The molecule has 0 spiro atoms. The van der Waals surface area contributed by atoms with E-state index in [2.05, 4.69) is 4.18 Å². The van der Waals surface area contributed by atoms with E-state index in [1.54, 1.807) is 0 Å². The first-order valence-corrected chi connectivity index (χ1v) is 7.30. The van der Waals surface area contributed by atoms with Gasteiger partial charge in [-0.2, -0.15) is 0 Å². The van der Waals surface area contributed by atoms with E-state index in [4.69, 9.17) is 4.74 Å². The van der Waals surface area contributed by atoms with Gasteiger partial charge in [0.1, 0.15) is 11.5 Å². The summed E-state index contributed by atoms with van der Waals surface area (Å²) in [6.45, 7) is 0. The Bertz CT molecular complexity index is 672. The molecule has 0 aliphatic rings. The van der Waals surface area contributed by atoms with Gasteiger partial charge in [0.25, 0.3) is 0 Å². The lowest BCUT2D eigenvalue weighted by atomic mass is 10.3. The van der Waals surface area contributed by atoms with Gasteiger partial charge in [-0.15, -0.1) is 0 Å². The molecule has 0 heterocycles. The number of aromatic hydroxyl groups is 1. The Labute approximate surface area is 116 Å². The number of phenolic OH excluding ortho intramolecular Hbond substituents is 1. The third kappa shape index (κ3) is 5.03. The van der Waals surface area contributed by atoms with Gasteiger partial charge >= 0.3 is 10.5 Å². The van der Waals surface area contributed by atoms with Crippen molar-refractivity contribution in [2.24, 2.45) is 0 Å². The Morgan fingerprint density at radius 1 is 0.810 bits per heavy atom. The number of benzene rings is 2. The predicted molar refractivity (Wildman–Crippen MR) is 68.4 cm³/mol. The number of phenols is 1. The summed E-state index contributed by atoms with van der Waals surface area (Å²) in [4.78, 5) is 0. The lowest BCUT2D eigenvalue weighted by Crippen LogP contribution is -2.14. The second kappa shape index (κ2) is 4.17. The molecule has 0 unspecified atom stereocenters. The normalized spacial score (nSPS) is 14.9. The molecule has 0 bridgehead atoms. The Kier molecular flexibility index (Phi) is 3.02. The number of hydrogen-bond acceptors (Lipinski definition) is 3. The molecule has 2 rings (SSSR count). The summed E-state index contributed by atoms with van der Waals surface area (Å²) in [7, 11) is -10.1. The van der Waals surface area contributed by atoms with Crippen molar-refractivity contribution < 1.29 is 33.5 Å². The smallest absolute Gasteiger partial charge is 0.435 e. The number of hydrogen-bond donors (Lipinski definition) is 1. The van der Waals surface area contributed by atoms with Crippen LogP contribution in [0.2, 0.25) is 0 Å². The third-order valence-electron chi connectivity index (χ3n) is 2.14. The van der Waals surface area contributed by atoms with Crippen LogP contribution >= 0.6 is 10.5 Å². The van der Waals surface area contributed by atoms with Gasteiger partial charge in [0, 0.05) is 6.07 Å². The van der Waals surface area contributed by atoms with Crippen molar-refractivity contribution in [3.8, 4) is 23.0 Å². The molecule has 0 saturated carbocycles. The van der Waals surface area contributed by atoms with Crippen LogP contribution in [0.25, 0.3) is 0 Å². The molecule has 21 heavy (non-hydrogen) atoms. The average molecular weight is 328 g/mol. The van der Waals surface area contributed by atoms with E-state index in [-0.39, 0.29) is 11.5 Å². The molecule has 116 valence electrons. The molecule has 0 amide bonds. The molecule has 2 aromatic rings. The summed E-state index contributed by atoms with van der Waals surface area (Å²) in [6, 6.07) is 9.23. The molecule has 0 fully saturated rings. The van der Waals surface area contributed by atoms with Gasteiger partial charge in [0.2, 0.25) is 0 Å². The van der Waals surface area contributed by atoms with Gasteiger partial charge in [-0.1, -0.05) is 37.6 Å². The minimum atomic E-state index is -10.1. The summed E-state index contributed by atoms with van der Waals surface area (Å²) in [5, 5.41) is 9.22. The summed E-state index contributed by atoms with van der Waals surface area (Å²) in [5.41, 5.74) is 0. The van der Waals surface area contributed by atoms with Crippen LogP contribution in [0.15, 0.2) is 48.5 Å². The first-order valence-electron chi connectivity index (χ1n) is 5.42. The Hall–Kier alpha value is -2.16. The zero-order valence-corrected chi connectivity index (χ0v) is 11.0. The minimum Gasteiger partial charge on any atom is -0.508 e. The topological polar surface area (TPSA) is 38.7 Å². The Morgan fingerprint density at radius 3 is 2.00 bits per heavy atom. The molecule has 1 N–H and O–H groups in total. The monoisotopic (exact) mass is 328 g/mol. The quantitative estimate of drug-likeness (QED) is 0.723. The fourth-order valence-corrected chi connectivity index (χ4v) is 1.92. The van der Waals surface area contributed by atoms with Crippen LogP contribution in [0.1, 0.15) is 0 Å². The lowest BCUT2D eigenvalue weighted by molar-refractivity contribution is 0.239. The standard InChI is InChI=1S/C12H9F5O3S/c13-21(14,15,16,17)20-12-7-2-1-6-11(12)19-10-5-3-4-9(18)8-10/h1-8,18H. The largest absolute Gasteiger partial charge is 0.508 e. The second-order valence-electron chi connectivity index (χ2n) is 4.03. The van der Waals surface area contributed by atoms with Crippen LogP contribution in [0, 0.1) is 0 Å². The van der Waals surface area contributed by atoms with Crippen LogP contribution < -0.4 is 8.92 Å². The molecule has 9 heteroatoms. The van der Waals surface area contributed by atoms with Crippen molar-refractivity contribution >= 4 is 10.5 Å². The van der Waals surface area contributed by atoms with E-state index < -0.39 is 22.0 Å². The summed E-state index contributed by atoms with van der Waals surface area (Å²) in [5.74, 6) is -1.96. The van der Waals surface area contributed by atoms with Crippen molar-refractivity contribution in [1.29, 1.82) is 0 Å². The maximum Gasteiger partial charge on any atom is 0.435 e. The zero-order valence-electron chi connectivity index (χ0n) is 10.2. The average Bonchev–Trinajstić information content (AvgIpc) is 2.28. The van der Waals surface area contributed by atoms with Crippen molar-refractivity contribution in [2.45, 2.75) is 0 Å². The van der Waals surface area contributed by atoms with Crippen molar-refractivity contribution in [2.75, 3.05) is 0 Å². The first kappa shape index (κ1) is 15.2. The molecular formula is C12H9F5O3S. The highest BCUT2D eigenvalue weighted by Gasteiger charge is 2.67. The molecule has 2 aromatic carbocycles. The highest BCUT2D eigenvalue weighted by atomic mass is 32.5. The highest BCUT2D eigenvalue weighted by Crippen LogP contribution is 2.97. The van der Waals surface area contributed by atoms with E-state index in [9.17, 15) is 24.5 Å². The van der Waals surface area contributed by atoms with Crippen molar-refractivity contribution in [1.82, 2.24) is 0 Å². The van der Waals surface area contributed by atoms with E-state index in [0.29, 0.717) is 6.07 Å². The fraction of sp³-hybridized carbons (Fsp3) is 0. The van der Waals surface area contributed by atoms with Crippen LogP contribution in [0.5, 0.6) is 23.0 Å². The van der Waals surface area contributed by atoms with Crippen LogP contribution in [-0.2, 0) is 0 Å². The van der Waals surface area contributed by atoms with Gasteiger partial charge in [-0.3, -0.25) is 0 Å². The maximum absolute atomic E-state index is 12.4. The fourth-order valence-electron chi connectivity index (χ4n) is 1.45. The summed E-state index contributed by atoms with van der Waals surface area (Å²) < 4.78 is 69.9. The highest BCUT2D eigenvalue weighted by molar-refractivity contribution is 8.42. The van der Waals surface area contributed by atoms with Crippen molar-refractivity contribution in [3.63, 3.8) is 0 Å². The molecule has 0 saturated heterocycles. The summed E-state index contributed by atoms with van der Waals surface area (Å²) >= 11 is 0. The minimum absolute atomic E-state index is 0.0341. The second-order valence-corrected chi connectivity index (χ2v) is 5.99. The number of para-hydroxylation sites is 2. The van der Waals surface area contributed by atoms with Gasteiger partial charge in [-0.05, 0) is 24.3 Å². The predicted octanol–water partition coefficient (Wildman–Crippen LogP) is 5.78. The molecule has 0 radical (unpaired) electrons. The number of halogens is 5. The van der Waals surface area contributed by atoms with Crippen molar-refractivity contribution in [3.05, 3.63) is 48.5 Å². The molecule has 3 nitrogen and oxygen atoms in total. The Balaban J connectivity index is 2.34. The molecular weight excluding hydrogens is 319 g/mol. The molecule has 0 aliphatic heterocycles. The van der Waals surface area contributed by atoms with E-state index in [1.807, 2.05) is 0 Å². The third-order valence-corrected chi connectivity index (χ3v) is 2.64. The van der Waals surface area contributed by atoms with E-state index >= 15 is 0 Å². The molecule has 0 atom stereocenters. The van der Waals surface area contributed by atoms with Gasteiger partial charge in [0.05, 0.1) is 0 Å². The number of ether oxygens (including phenoxy) is 1. The van der Waals surface area contributed by atoms with Gasteiger partial charge in [-0.25, -0.2) is 0 Å². The van der Waals surface area contributed by atoms with Gasteiger partial charge < -0.3 is 14.0 Å². The van der Waals surface area contributed by atoms with Crippen LogP contribution in [0.3, 0.4) is 0 Å². The zero-order chi connectivity index (χ0) is 15.8. The van der Waals surface area contributed by atoms with Crippen LogP contribution in [-0.4, -0.2) is 5.11 Å². The van der Waals surface area contributed by atoms with E-state index in [0.717, 1.165) is 18.2 Å². The SMILES string of the molecule is Oc1cccc(Oc2ccccc2OS(F)(F)(F)(F)F)c1. The first-order chi connectivity index (χ1) is 9.41. The molecule has 0 aliphatic carbocycles. The number of rotatable bonds is 4. The maximum atomic E-state index is 12.4. The summed E-state index contributed by atoms with van der Waals surface area (Å²) in [6.07, 6.45) is 0. The molecule has 0 aromatic heterocycles. The lowest BCUT2D eigenvalue weighted by Gasteiger charge is -2.39. The van der Waals surface area contributed by atoms with Gasteiger partial charge in [0.15, 0.2) is 11.5 Å².